The second kappa shape index (κ2) is 8.42. The molecule has 0 spiro atoms. The number of aromatic nitrogens is 3. The fourth-order valence-electron chi connectivity index (χ4n) is 5.48. The van der Waals surface area contributed by atoms with Crippen LogP contribution < -0.4 is 0 Å². The Morgan fingerprint density at radius 1 is 0.684 bits per heavy atom. The average Bonchev–Trinajstić information content (AvgIpc) is 3.51. The number of furan rings is 1. The predicted molar refractivity (Wildman–Crippen MR) is 156 cm³/mol. The van der Waals surface area contributed by atoms with Crippen molar-refractivity contribution < 1.29 is 4.42 Å². The topological polar surface area (TPSA) is 43.9 Å². The van der Waals surface area contributed by atoms with Crippen molar-refractivity contribution >= 4 is 33.1 Å². The molecule has 0 aliphatic heterocycles. The first kappa shape index (κ1) is 22.5. The summed E-state index contributed by atoms with van der Waals surface area (Å²) in [5.74, 6) is 0.852. The van der Waals surface area contributed by atoms with Crippen molar-refractivity contribution in [1.82, 2.24) is 14.5 Å². The number of nitrogens with zero attached hydrogens (tertiary/aromatic N) is 3. The first-order chi connectivity index (χ1) is 18.5. The maximum absolute atomic E-state index is 6.37. The van der Waals surface area contributed by atoms with Crippen molar-refractivity contribution in [1.29, 1.82) is 0 Å². The Labute approximate surface area is 221 Å². The van der Waals surface area contributed by atoms with Crippen LogP contribution in [0.1, 0.15) is 26.3 Å². The van der Waals surface area contributed by atoms with Crippen LogP contribution in [0.25, 0.3) is 61.3 Å². The Morgan fingerprint density at radius 3 is 2.26 bits per heavy atom. The minimum atomic E-state index is -0.0991. The summed E-state index contributed by atoms with van der Waals surface area (Å²) in [6.45, 7) is 6.81. The van der Waals surface area contributed by atoms with Crippen LogP contribution >= 0.6 is 0 Å². The van der Waals surface area contributed by atoms with E-state index >= 15 is 0 Å². The summed E-state index contributed by atoms with van der Waals surface area (Å²) in [6.07, 6.45) is 1.77. The van der Waals surface area contributed by atoms with Gasteiger partial charge in [0, 0.05) is 22.5 Å². The standard InChI is InChI=1S/C34H27N3O/c1-34(2,3)27-18-10-14-23(22-12-5-4-6-13-22)30(27)37-29-20-8-7-19-28(29)36-32(37)26-16-9-15-24-25-17-11-21-35-33(25)38-31(24)26/h4-21H,1-3H3. The average molecular weight is 494 g/mol. The summed E-state index contributed by atoms with van der Waals surface area (Å²) in [5, 5.41) is 2.05. The Kier molecular flexibility index (Phi) is 4.98. The Morgan fingerprint density at radius 2 is 1.42 bits per heavy atom. The van der Waals surface area contributed by atoms with E-state index in [1.165, 1.54) is 16.7 Å². The highest BCUT2D eigenvalue weighted by Gasteiger charge is 2.27. The molecule has 0 N–H and O–H groups in total. The summed E-state index contributed by atoms with van der Waals surface area (Å²) < 4.78 is 8.70. The molecule has 4 heteroatoms. The summed E-state index contributed by atoms with van der Waals surface area (Å²) in [7, 11) is 0. The van der Waals surface area contributed by atoms with Gasteiger partial charge < -0.3 is 4.42 Å². The van der Waals surface area contributed by atoms with Gasteiger partial charge in [0.1, 0.15) is 11.4 Å². The van der Waals surface area contributed by atoms with Gasteiger partial charge in [0.2, 0.25) is 5.71 Å². The highest BCUT2D eigenvalue weighted by Crippen LogP contribution is 2.42. The SMILES string of the molecule is CC(C)(C)c1cccc(-c2ccccc2)c1-n1c(-c2cccc3c2oc2ncccc23)nc2ccccc21. The molecular formula is C34H27N3O. The van der Waals surface area contributed by atoms with Gasteiger partial charge in [-0.3, -0.25) is 4.57 Å². The third-order valence-electron chi connectivity index (χ3n) is 7.23. The largest absolute Gasteiger partial charge is 0.437 e. The lowest BCUT2D eigenvalue weighted by molar-refractivity contribution is 0.587. The van der Waals surface area contributed by atoms with Crippen LogP contribution in [-0.4, -0.2) is 14.5 Å². The number of hydrogen-bond acceptors (Lipinski definition) is 3. The molecule has 184 valence electrons. The number of para-hydroxylation sites is 4. The Balaban J connectivity index is 1.64. The molecule has 0 aliphatic carbocycles. The number of pyridine rings is 1. The van der Waals surface area contributed by atoms with Crippen molar-refractivity contribution in [3.8, 4) is 28.2 Å². The number of benzene rings is 4. The summed E-state index contributed by atoms with van der Waals surface area (Å²) in [4.78, 5) is 9.70. The molecule has 3 aromatic heterocycles. The van der Waals surface area contributed by atoms with E-state index in [9.17, 15) is 0 Å². The highest BCUT2D eigenvalue weighted by atomic mass is 16.3. The molecule has 0 aliphatic rings. The van der Waals surface area contributed by atoms with Crippen molar-refractivity contribution in [3.63, 3.8) is 0 Å². The molecule has 4 aromatic carbocycles. The molecule has 38 heavy (non-hydrogen) atoms. The Hall–Kier alpha value is -4.70. The third kappa shape index (κ3) is 3.45. The first-order valence-electron chi connectivity index (χ1n) is 12.9. The van der Waals surface area contributed by atoms with E-state index in [2.05, 4.69) is 121 Å². The number of fused-ring (bicyclic) bond motifs is 4. The summed E-state index contributed by atoms with van der Waals surface area (Å²) in [6, 6.07) is 35.9. The van der Waals surface area contributed by atoms with Crippen LogP contribution in [0.2, 0.25) is 0 Å². The van der Waals surface area contributed by atoms with Crippen molar-refractivity contribution in [2.24, 2.45) is 0 Å². The van der Waals surface area contributed by atoms with Gasteiger partial charge in [0.05, 0.1) is 22.3 Å². The van der Waals surface area contributed by atoms with Crippen molar-refractivity contribution in [2.45, 2.75) is 26.2 Å². The van der Waals surface area contributed by atoms with E-state index in [0.29, 0.717) is 5.71 Å². The van der Waals surface area contributed by atoms with E-state index < -0.39 is 0 Å². The van der Waals surface area contributed by atoms with Gasteiger partial charge in [0.15, 0.2) is 0 Å². The van der Waals surface area contributed by atoms with Crippen LogP contribution in [0.5, 0.6) is 0 Å². The minimum Gasteiger partial charge on any atom is -0.437 e. The Bertz CT molecular complexity index is 1960. The molecule has 0 bridgehead atoms. The van der Waals surface area contributed by atoms with Crippen LogP contribution in [0.15, 0.2) is 114 Å². The van der Waals surface area contributed by atoms with Gasteiger partial charge in [0.25, 0.3) is 0 Å². The molecule has 0 saturated heterocycles. The minimum absolute atomic E-state index is 0.0991. The van der Waals surface area contributed by atoms with Gasteiger partial charge in [-0.1, -0.05) is 93.6 Å². The molecule has 7 aromatic rings. The fourth-order valence-corrected chi connectivity index (χ4v) is 5.48. The first-order valence-corrected chi connectivity index (χ1v) is 12.9. The molecule has 3 heterocycles. The van der Waals surface area contributed by atoms with Crippen LogP contribution in [0, 0.1) is 0 Å². The normalized spacial score (nSPS) is 12.1. The fraction of sp³-hybridized carbons (Fsp3) is 0.118. The second-order valence-corrected chi connectivity index (χ2v) is 10.7. The van der Waals surface area contributed by atoms with E-state index in [4.69, 9.17) is 9.40 Å². The van der Waals surface area contributed by atoms with E-state index in [-0.39, 0.29) is 5.41 Å². The van der Waals surface area contributed by atoms with Crippen LogP contribution in [0.4, 0.5) is 0 Å². The zero-order chi connectivity index (χ0) is 25.9. The predicted octanol–water partition coefficient (Wildman–Crippen LogP) is 8.95. The van der Waals surface area contributed by atoms with Gasteiger partial charge in [-0.25, -0.2) is 9.97 Å². The number of rotatable bonds is 3. The van der Waals surface area contributed by atoms with E-state index in [1.54, 1.807) is 6.20 Å². The molecule has 0 unspecified atom stereocenters. The number of imidazole rings is 1. The lowest BCUT2D eigenvalue weighted by Crippen LogP contribution is -2.16. The molecule has 0 fully saturated rings. The zero-order valence-electron chi connectivity index (χ0n) is 21.6. The molecule has 0 atom stereocenters. The van der Waals surface area contributed by atoms with Gasteiger partial charge in [-0.15, -0.1) is 0 Å². The van der Waals surface area contributed by atoms with E-state index in [0.717, 1.165) is 44.5 Å². The molecule has 4 nitrogen and oxygen atoms in total. The highest BCUT2D eigenvalue weighted by molar-refractivity contribution is 6.08. The second-order valence-electron chi connectivity index (χ2n) is 10.7. The maximum Gasteiger partial charge on any atom is 0.227 e. The molecule has 0 amide bonds. The van der Waals surface area contributed by atoms with Gasteiger partial charge in [-0.05, 0) is 46.9 Å². The van der Waals surface area contributed by atoms with Crippen molar-refractivity contribution in [3.05, 3.63) is 115 Å². The quantitative estimate of drug-likeness (QED) is 0.247. The lowest BCUT2D eigenvalue weighted by Gasteiger charge is -2.27. The monoisotopic (exact) mass is 493 g/mol. The number of hydrogen-bond donors (Lipinski definition) is 0. The van der Waals surface area contributed by atoms with Gasteiger partial charge >= 0.3 is 0 Å². The third-order valence-corrected chi connectivity index (χ3v) is 7.23. The summed E-state index contributed by atoms with van der Waals surface area (Å²) >= 11 is 0. The zero-order valence-corrected chi connectivity index (χ0v) is 21.6. The van der Waals surface area contributed by atoms with E-state index in [1.807, 2.05) is 12.1 Å². The van der Waals surface area contributed by atoms with Crippen LogP contribution in [-0.2, 0) is 5.41 Å². The smallest absolute Gasteiger partial charge is 0.227 e. The molecular weight excluding hydrogens is 466 g/mol. The molecule has 0 radical (unpaired) electrons. The maximum atomic E-state index is 6.37. The van der Waals surface area contributed by atoms with Crippen molar-refractivity contribution in [2.75, 3.05) is 0 Å². The van der Waals surface area contributed by atoms with Gasteiger partial charge in [-0.2, -0.15) is 0 Å². The molecule has 7 rings (SSSR count). The van der Waals surface area contributed by atoms with Crippen LogP contribution in [0.3, 0.4) is 0 Å². The molecule has 0 saturated carbocycles. The lowest BCUT2D eigenvalue weighted by atomic mass is 9.83. The summed E-state index contributed by atoms with van der Waals surface area (Å²) in [5.41, 5.74) is 9.01.